The van der Waals surface area contributed by atoms with Gasteiger partial charge in [0.05, 0.1) is 22.3 Å². The summed E-state index contributed by atoms with van der Waals surface area (Å²) in [6, 6.07) is 9.87. The van der Waals surface area contributed by atoms with Gasteiger partial charge in [0, 0.05) is 121 Å². The Morgan fingerprint density at radius 3 is 0.590 bits per heavy atom. The van der Waals surface area contributed by atoms with Crippen LogP contribution in [0.25, 0.3) is 0 Å². The minimum atomic E-state index is -0.255. The molecular weight excluding hydrogens is 1510 g/mol. The van der Waals surface area contributed by atoms with Crippen molar-refractivity contribution in [1.82, 2.24) is 19.6 Å². The van der Waals surface area contributed by atoms with Gasteiger partial charge in [0.25, 0.3) is 0 Å². The maximum absolute atomic E-state index is 7.36. The van der Waals surface area contributed by atoms with E-state index in [1.54, 1.807) is 0 Å². The summed E-state index contributed by atoms with van der Waals surface area (Å²) in [4.78, 5) is 8.60. The third kappa shape index (κ3) is 23.2. The zero-order valence-electron chi connectivity index (χ0n) is 62.4. The second-order valence-electron chi connectivity index (χ2n) is 26.8. The van der Waals surface area contributed by atoms with Gasteiger partial charge in [0.1, 0.15) is 46.0 Å². The van der Waals surface area contributed by atoms with Gasteiger partial charge in [-0.3, -0.25) is 0 Å². The van der Waals surface area contributed by atoms with Crippen molar-refractivity contribution in [2.75, 3.05) is 53.4 Å². The third-order valence-corrected chi connectivity index (χ3v) is 22.2. The number of thiocarbonyl (C=S) groups is 4. The van der Waals surface area contributed by atoms with Gasteiger partial charge in [0.2, 0.25) is 27.2 Å². The molecule has 0 fully saturated rings. The maximum Gasteiger partial charge on any atom is 1.00 e. The van der Waals surface area contributed by atoms with Crippen molar-refractivity contribution in [2.24, 2.45) is 0 Å². The molecule has 1 aliphatic carbocycles. The fourth-order valence-electron chi connectivity index (χ4n) is 15.0. The van der Waals surface area contributed by atoms with Crippen molar-refractivity contribution in [3.05, 3.63) is 91.0 Å². The fourth-order valence-corrected chi connectivity index (χ4v) is 16.3. The van der Waals surface area contributed by atoms with Crippen molar-refractivity contribution in [2.45, 2.75) is 259 Å². The molecule has 5 aliphatic rings. The quantitative estimate of drug-likeness (QED) is 0.0195. The van der Waals surface area contributed by atoms with Crippen molar-refractivity contribution in [3.63, 3.8) is 0 Å². The van der Waals surface area contributed by atoms with E-state index >= 15 is 0 Å². The Morgan fingerprint density at radius 2 is 0.450 bits per heavy atom. The van der Waals surface area contributed by atoms with Crippen LogP contribution in [0.4, 0.5) is 0 Å². The van der Waals surface area contributed by atoms with E-state index in [0.717, 1.165) is 267 Å². The molecule has 0 saturated carbocycles. The Balaban J connectivity index is 0.00000451. The molecule has 4 aromatic rings. The zero-order chi connectivity index (χ0) is 68.4. The van der Waals surface area contributed by atoms with Crippen LogP contribution in [-0.4, -0.2) is 90.2 Å². The van der Waals surface area contributed by atoms with Crippen LogP contribution in [0.5, 0.6) is 46.0 Å². The number of hydrogen-bond acceptors (Lipinski definition) is 16. The molecule has 100 heavy (non-hydrogen) atoms. The molecule has 0 saturated heterocycles. The van der Waals surface area contributed by atoms with E-state index in [4.69, 9.17) is 137 Å². The van der Waals surface area contributed by atoms with E-state index in [2.05, 4.69) is 99.3 Å². The first-order chi connectivity index (χ1) is 46.7. The number of unbranched alkanes of at least 4 members (excludes halogenated alkanes) is 12. The van der Waals surface area contributed by atoms with E-state index in [-0.39, 0.29) is 256 Å². The third-order valence-electron chi connectivity index (χ3n) is 20.1. The van der Waals surface area contributed by atoms with E-state index in [0.29, 0.717) is 69.6 Å². The molecule has 24 heteroatoms. The number of rotatable bonds is 36. The van der Waals surface area contributed by atoms with Crippen molar-refractivity contribution in [3.8, 4) is 46.0 Å². The summed E-state index contributed by atoms with van der Waals surface area (Å²) in [6.45, 7) is 21.6. The Labute approximate surface area is 814 Å². The molecule has 0 amide bonds. The number of ether oxygens (including phenoxy) is 8. The molecule has 0 spiro atoms. The predicted octanol–water partition coefficient (Wildman–Crippen LogP) is 7.52. The van der Waals surface area contributed by atoms with Crippen molar-refractivity contribution >= 4 is 117 Å². The Bertz CT molecular complexity index is 2800. The summed E-state index contributed by atoms with van der Waals surface area (Å²) in [5, 5.41) is 0. The van der Waals surface area contributed by atoms with E-state index < -0.39 is 0 Å². The van der Waals surface area contributed by atoms with Gasteiger partial charge in [-0.15, -0.1) is 0 Å². The Hall–Kier alpha value is 2.27. The molecule has 4 aliphatic heterocycles. The maximum atomic E-state index is 7.36. The number of hydrogen-bond donors (Lipinski definition) is 0. The van der Waals surface area contributed by atoms with E-state index in [9.17, 15) is 0 Å². The number of nitrogens with zero attached hydrogens (tertiary/aromatic N) is 4. The number of benzene rings is 4. The van der Waals surface area contributed by atoms with Crippen LogP contribution in [-0.2, 0) is 76.7 Å². The molecule has 4 aromatic carbocycles. The molecule has 0 unspecified atom stereocenters. The Morgan fingerprint density at radius 1 is 0.290 bits per heavy atom. The second kappa shape index (κ2) is 47.6. The van der Waals surface area contributed by atoms with E-state index in [1.165, 1.54) is 0 Å². The van der Waals surface area contributed by atoms with Crippen LogP contribution in [0.2, 0.25) is 0 Å². The first-order valence-electron chi connectivity index (χ1n) is 36.3. The summed E-state index contributed by atoms with van der Waals surface area (Å²) >= 11 is 48.4. The monoisotopic (exact) mass is 1610 g/mol. The first-order valence-corrected chi connectivity index (χ1v) is 39.6. The fraction of sp³-hybridized carbons (Fsp3) is 0.632. The zero-order valence-corrected chi connectivity index (χ0v) is 81.4. The van der Waals surface area contributed by atoms with Gasteiger partial charge in [-0.25, -0.2) is 0 Å². The summed E-state index contributed by atoms with van der Waals surface area (Å²) in [5.74, 6) is 4.79. The summed E-state index contributed by atoms with van der Waals surface area (Å²) in [5.41, 5.74) is 12.1. The van der Waals surface area contributed by atoms with Gasteiger partial charge in [-0.05, 0) is 75.6 Å². The van der Waals surface area contributed by atoms with Gasteiger partial charge < -0.3 is 157 Å². The molecule has 4 heterocycles. The van der Waals surface area contributed by atoms with Crippen LogP contribution < -0.4 is 243 Å². The average Bonchev–Trinajstić information content (AvgIpc) is 0.724. The topological polar surface area (TPSA) is 86.8 Å². The molecular formula is C76H104K4N4O8S8. The van der Waals surface area contributed by atoms with Crippen LogP contribution in [0, 0.1) is 0 Å². The largest absolute Gasteiger partial charge is 1.00 e. The second-order valence-corrected chi connectivity index (χ2v) is 30.9. The van der Waals surface area contributed by atoms with Gasteiger partial charge >= 0.3 is 206 Å². The van der Waals surface area contributed by atoms with Crippen LogP contribution in [0.15, 0.2) is 24.3 Å². The van der Waals surface area contributed by atoms with Gasteiger partial charge in [-0.1, -0.05) is 175 Å². The van der Waals surface area contributed by atoms with Crippen LogP contribution >= 0.6 is 48.9 Å². The van der Waals surface area contributed by atoms with Crippen LogP contribution in [0.3, 0.4) is 0 Å². The molecule has 0 atom stereocenters. The molecule has 0 radical (unpaired) electrons. The van der Waals surface area contributed by atoms with Crippen molar-refractivity contribution < 1.29 is 243 Å². The standard InChI is InChI=1S/C76H108N4O8S8.4K/c1-9-17-25-29-49-53-37-55-50(30-26-18-10-2)57-39-59-52(32-28-20-12-4)60-40-58-51(31-27-19-11-3)56-38-54(49)66-62(42-78(74(91)92)34-22-14-6)68(56)84-47-86-70(58)64(44-80(76(95)96)36-24-16-8)72(60)88-48-87-71(59)63(43-79(75(93)94)35-23-15-7)69(57)85-46-83-67(55)61(65(53)81-45-82-66)41-77(73(89)90)33-21-13-5;;;;/h37-40,49-52H,9-36,41-48H2,1-8H3,(H,89,90)(H,91,92)(H,93,94)(H,95,96);;;;/q;4*+1/p-4. The first kappa shape index (κ1) is 92.9. The van der Waals surface area contributed by atoms with Gasteiger partial charge in [0.15, 0.2) is 0 Å². The minimum Gasteiger partial charge on any atom is -0.457 e. The summed E-state index contributed by atoms with van der Waals surface area (Å²) in [6.07, 6.45) is 22.7. The molecule has 0 N–H and O–H groups in total. The van der Waals surface area contributed by atoms with Crippen molar-refractivity contribution in [1.29, 1.82) is 0 Å². The molecule has 12 nitrogen and oxygen atoms in total. The summed E-state index contributed by atoms with van der Waals surface area (Å²) in [7, 11) is 0. The predicted molar refractivity (Wildman–Crippen MR) is 415 cm³/mol. The van der Waals surface area contributed by atoms with Crippen LogP contribution in [0.1, 0.15) is 300 Å². The van der Waals surface area contributed by atoms with E-state index in [1.807, 2.05) is 0 Å². The summed E-state index contributed by atoms with van der Waals surface area (Å²) < 4.78 is 60.5. The smallest absolute Gasteiger partial charge is 0.457 e. The molecule has 528 valence electrons. The molecule has 9 rings (SSSR count). The average molecular weight is 1610 g/mol. The minimum absolute atomic E-state index is 0. The Kier molecular flexibility index (Phi) is 44.2. The molecule has 8 bridgehead atoms. The normalized spacial score (nSPS) is 16.2. The van der Waals surface area contributed by atoms with Gasteiger partial charge in [-0.2, -0.15) is 0 Å². The molecule has 0 aromatic heterocycles. The SMILES string of the molecule is CCCCCC1c2cc3c4c(CN(CCCC)C(=S)[S-])c2OCOc2c1cc1c(c2CN(CCCC)C(=S)[S-])OCOc2c(cc5c(c2CN(CCCC)C(=S)[S-])OCOc2c(cc(c(c2CN(CCCC)C(=S)[S-])OCO4)C3CCCCC)C5CCCCC)C1CCCCC.[K+].[K+].[K+].[K+].